The van der Waals surface area contributed by atoms with Gasteiger partial charge in [-0.2, -0.15) is 0 Å². The number of nitrogens with one attached hydrogen (secondary N) is 1. The third-order valence-corrected chi connectivity index (χ3v) is 16.2. The number of carbonyl (C=O) groups excluding carboxylic acids is 4. The summed E-state index contributed by atoms with van der Waals surface area (Å²) in [6, 6.07) is 0.226. The number of hydrogen-bond acceptors (Lipinski definition) is 7. The maximum Gasteiger partial charge on any atom is 0.407 e. The van der Waals surface area contributed by atoms with Crippen LogP contribution >= 0.6 is 0 Å². The van der Waals surface area contributed by atoms with Crippen molar-refractivity contribution in [3.63, 3.8) is 0 Å². The van der Waals surface area contributed by atoms with Crippen LogP contribution in [0, 0.1) is 53.3 Å². The van der Waals surface area contributed by atoms with Crippen molar-refractivity contribution in [2.75, 3.05) is 7.11 Å². The Bertz CT molecular complexity index is 1630. The molecular formula is C59H97NO7. The standard InChI is InChI=1S/C59H97NO7/c1-11-18-51(19-12-2)60-59(64)67-52-23-16-22-42(5)47(34-35-52)28-29-48(49-30-31-49)27-26-41(4)36-44(7)54(50-32-33-50)39-55(62)45(8)37-40(3)20-14-13-15-21-43(6)57(65-10)38-53-24-17-25-56(66-53)58(63)46(9)61/h13-15,20-21,36,40-42,45,47-54,56-57H,11-12,16-19,22-35,37-39H2,1-10H3,(H,60,64)/b15-13+,20-14+,43-21+,44-36+. The highest BCUT2D eigenvalue weighted by molar-refractivity contribution is 6.37. The Balaban J connectivity index is 1.19. The molecule has 1 N–H and O–H groups in total. The van der Waals surface area contributed by atoms with Crippen LogP contribution in [0.1, 0.15) is 210 Å². The Morgan fingerprint density at radius 1 is 0.746 bits per heavy atom. The number of rotatable bonds is 30. The molecular weight excluding hydrogens is 835 g/mol. The number of allylic oxidation sites excluding steroid dienone is 7. The fraction of sp³-hybridized carbons (Fsp3) is 0.797. The molecule has 0 bridgehead atoms. The van der Waals surface area contributed by atoms with Gasteiger partial charge in [-0.15, -0.1) is 0 Å². The van der Waals surface area contributed by atoms with Gasteiger partial charge in [-0.25, -0.2) is 4.79 Å². The molecule has 380 valence electrons. The van der Waals surface area contributed by atoms with E-state index >= 15 is 0 Å². The Labute approximate surface area is 409 Å². The summed E-state index contributed by atoms with van der Waals surface area (Å²) < 4.78 is 17.8. The molecule has 8 nitrogen and oxygen atoms in total. The molecule has 1 amide bonds. The highest BCUT2D eigenvalue weighted by atomic mass is 16.6. The Hall–Kier alpha value is -2.84. The van der Waals surface area contributed by atoms with Crippen LogP contribution in [0.2, 0.25) is 0 Å². The summed E-state index contributed by atoms with van der Waals surface area (Å²) in [4.78, 5) is 50.4. The van der Waals surface area contributed by atoms with Gasteiger partial charge in [0.2, 0.25) is 5.78 Å². The van der Waals surface area contributed by atoms with Gasteiger partial charge in [0.05, 0.1) is 12.2 Å². The molecule has 3 saturated carbocycles. The van der Waals surface area contributed by atoms with E-state index in [4.69, 9.17) is 14.2 Å². The average Bonchev–Trinajstić information content (AvgIpc) is 4.23. The smallest absolute Gasteiger partial charge is 0.407 e. The normalized spacial score (nSPS) is 26.1. The van der Waals surface area contributed by atoms with Crippen molar-refractivity contribution in [2.45, 2.75) is 240 Å². The summed E-state index contributed by atoms with van der Waals surface area (Å²) in [6.45, 7) is 19.2. The molecule has 11 atom stereocenters. The second kappa shape index (κ2) is 30.0. The average molecular weight is 932 g/mol. The zero-order valence-corrected chi connectivity index (χ0v) is 44.2. The number of hydrogen-bond donors (Lipinski definition) is 1. The molecule has 1 saturated heterocycles. The van der Waals surface area contributed by atoms with E-state index in [1.165, 1.54) is 76.7 Å². The number of amides is 1. The van der Waals surface area contributed by atoms with Gasteiger partial charge in [-0.05, 0) is 182 Å². The maximum atomic E-state index is 13.7. The van der Waals surface area contributed by atoms with Gasteiger partial charge in [-0.3, -0.25) is 14.4 Å². The van der Waals surface area contributed by atoms with Crippen molar-refractivity contribution < 1.29 is 33.4 Å². The van der Waals surface area contributed by atoms with Gasteiger partial charge < -0.3 is 19.5 Å². The minimum atomic E-state index is -0.630. The van der Waals surface area contributed by atoms with E-state index in [0.717, 1.165) is 87.5 Å². The lowest BCUT2D eigenvalue weighted by atomic mass is 9.77. The van der Waals surface area contributed by atoms with Crippen molar-refractivity contribution in [3.8, 4) is 0 Å². The first-order valence-electron chi connectivity index (χ1n) is 27.5. The van der Waals surface area contributed by atoms with E-state index in [1.807, 2.05) is 19.1 Å². The summed E-state index contributed by atoms with van der Waals surface area (Å²) in [5, 5.41) is 3.18. The quantitative estimate of drug-likeness (QED) is 0.0434. The van der Waals surface area contributed by atoms with E-state index in [9.17, 15) is 19.2 Å². The van der Waals surface area contributed by atoms with Crippen LogP contribution in [0.3, 0.4) is 0 Å². The summed E-state index contributed by atoms with van der Waals surface area (Å²) in [5.41, 5.74) is 2.52. The second-order valence-electron chi connectivity index (χ2n) is 22.3. The van der Waals surface area contributed by atoms with Crippen LogP contribution in [0.25, 0.3) is 0 Å². The topological polar surface area (TPSA) is 108 Å². The first kappa shape index (κ1) is 56.7. The third kappa shape index (κ3) is 21.0. The van der Waals surface area contributed by atoms with Crippen LogP contribution in [0.4, 0.5) is 4.79 Å². The molecule has 8 heteroatoms. The maximum absolute atomic E-state index is 13.7. The van der Waals surface area contributed by atoms with Crippen molar-refractivity contribution in [2.24, 2.45) is 53.3 Å². The first-order valence-corrected chi connectivity index (χ1v) is 27.5. The molecule has 4 aliphatic rings. The van der Waals surface area contributed by atoms with Crippen LogP contribution in [-0.2, 0) is 28.6 Å². The number of alkyl carbamates (subject to hydrolysis) is 1. The van der Waals surface area contributed by atoms with E-state index in [0.29, 0.717) is 48.7 Å². The van der Waals surface area contributed by atoms with Crippen molar-refractivity contribution >= 4 is 23.4 Å². The van der Waals surface area contributed by atoms with E-state index in [1.54, 1.807) is 7.11 Å². The van der Waals surface area contributed by atoms with Gasteiger partial charge in [0, 0.05) is 38.8 Å². The van der Waals surface area contributed by atoms with Gasteiger partial charge >= 0.3 is 6.09 Å². The zero-order chi connectivity index (χ0) is 48.9. The number of ketones is 3. The predicted octanol–water partition coefficient (Wildman–Crippen LogP) is 14.6. The Morgan fingerprint density at radius 3 is 2.10 bits per heavy atom. The SMILES string of the molecule is CCCC(CCC)NC(=O)OC1CCCC(C)C(CCC(CCC(C)/C=C(\C)C(CC(=O)C(C)CC(C)/C=C/C=C/C=C(\C)C(CC2CCCC(C(=O)C(C)=O)O2)OC)C2CC2)C2CC2)CC1. The van der Waals surface area contributed by atoms with Crippen molar-refractivity contribution in [1.82, 2.24) is 5.32 Å². The van der Waals surface area contributed by atoms with Crippen molar-refractivity contribution in [1.29, 1.82) is 0 Å². The van der Waals surface area contributed by atoms with Crippen LogP contribution < -0.4 is 5.32 Å². The number of methoxy groups -OCH3 is 1. The van der Waals surface area contributed by atoms with Gasteiger partial charge in [0.15, 0.2) is 5.78 Å². The summed E-state index contributed by atoms with van der Waals surface area (Å²) in [6.07, 6.45) is 36.5. The third-order valence-electron chi connectivity index (χ3n) is 16.2. The second-order valence-corrected chi connectivity index (χ2v) is 22.3. The molecule has 0 aromatic rings. The summed E-state index contributed by atoms with van der Waals surface area (Å²) in [7, 11) is 1.70. The highest BCUT2D eigenvalue weighted by Crippen LogP contribution is 2.45. The van der Waals surface area contributed by atoms with E-state index in [-0.39, 0.29) is 42.3 Å². The minimum Gasteiger partial charge on any atom is -0.446 e. The molecule has 4 fully saturated rings. The zero-order valence-electron chi connectivity index (χ0n) is 44.2. The highest BCUT2D eigenvalue weighted by Gasteiger charge is 2.36. The number of Topliss-reactive ketones (excluding diaryl/α,β-unsaturated/α-hetero) is 3. The molecule has 11 unspecified atom stereocenters. The molecule has 0 aromatic carbocycles. The molecule has 0 spiro atoms. The molecule has 0 aromatic heterocycles. The fourth-order valence-corrected chi connectivity index (χ4v) is 11.6. The summed E-state index contributed by atoms with van der Waals surface area (Å²) in [5.74, 6) is 4.57. The molecule has 1 aliphatic heterocycles. The fourth-order valence-electron chi connectivity index (χ4n) is 11.6. The van der Waals surface area contributed by atoms with E-state index in [2.05, 4.69) is 78.1 Å². The van der Waals surface area contributed by atoms with Gasteiger partial charge in [0.1, 0.15) is 18.0 Å². The Morgan fingerprint density at radius 2 is 1.45 bits per heavy atom. The Kier molecular flexibility index (Phi) is 25.4. The molecule has 67 heavy (non-hydrogen) atoms. The predicted molar refractivity (Wildman–Crippen MR) is 275 cm³/mol. The van der Waals surface area contributed by atoms with Crippen LogP contribution in [-0.4, -0.2) is 61.0 Å². The van der Waals surface area contributed by atoms with Gasteiger partial charge in [-0.1, -0.05) is 103 Å². The molecule has 0 radical (unpaired) electrons. The largest absolute Gasteiger partial charge is 0.446 e. The first-order chi connectivity index (χ1) is 32.1. The van der Waals surface area contributed by atoms with Crippen LogP contribution in [0.5, 0.6) is 0 Å². The summed E-state index contributed by atoms with van der Waals surface area (Å²) >= 11 is 0. The molecule has 1 heterocycles. The monoisotopic (exact) mass is 932 g/mol. The minimum absolute atomic E-state index is 0.0266. The van der Waals surface area contributed by atoms with E-state index < -0.39 is 17.7 Å². The lowest BCUT2D eigenvalue weighted by Gasteiger charge is -2.31. The molecule has 4 rings (SSSR count). The van der Waals surface area contributed by atoms with Crippen molar-refractivity contribution in [3.05, 3.63) is 47.6 Å². The molecule has 3 aliphatic carbocycles. The number of carbonyl (C=O) groups is 4. The lowest BCUT2D eigenvalue weighted by Crippen LogP contribution is -2.38. The number of ether oxygens (including phenoxy) is 3. The van der Waals surface area contributed by atoms with Crippen LogP contribution in [0.15, 0.2) is 47.6 Å². The lowest BCUT2D eigenvalue weighted by molar-refractivity contribution is -0.149. The van der Waals surface area contributed by atoms with Gasteiger partial charge in [0.25, 0.3) is 0 Å².